The van der Waals surface area contributed by atoms with Gasteiger partial charge in [-0.1, -0.05) is 39.0 Å². The van der Waals surface area contributed by atoms with Gasteiger partial charge in [0.1, 0.15) is 11.3 Å². The Bertz CT molecular complexity index is 1180. The van der Waals surface area contributed by atoms with E-state index in [2.05, 4.69) is 15.3 Å². The summed E-state index contributed by atoms with van der Waals surface area (Å²) in [7, 11) is 0. The minimum Gasteiger partial charge on any atom is -0.394 e. The second kappa shape index (κ2) is 14.1. The molecule has 3 aromatic rings. The van der Waals surface area contributed by atoms with E-state index in [-0.39, 0.29) is 40.2 Å². The first kappa shape index (κ1) is 30.3. The first-order chi connectivity index (χ1) is 17.7. The number of hydrogen-bond acceptors (Lipinski definition) is 7. The van der Waals surface area contributed by atoms with E-state index in [0.29, 0.717) is 18.7 Å². The summed E-state index contributed by atoms with van der Waals surface area (Å²) in [5.74, 6) is -1.92. The van der Waals surface area contributed by atoms with Crippen LogP contribution in [0.25, 0.3) is 10.2 Å². The molecule has 2 aromatic heterocycles. The first-order valence-corrected chi connectivity index (χ1v) is 13.1. The predicted octanol–water partition coefficient (Wildman–Crippen LogP) is 4.80. The molecule has 1 aliphatic rings. The number of amides is 2. The van der Waals surface area contributed by atoms with Crippen LogP contribution < -0.4 is 10.2 Å². The number of piperazine rings is 1. The fourth-order valence-corrected chi connectivity index (χ4v) is 4.67. The number of aliphatic hydroxyl groups is 2. The molecule has 0 saturated carbocycles. The maximum Gasteiger partial charge on any atom is 0.324 e. The minimum atomic E-state index is -0.981. The summed E-state index contributed by atoms with van der Waals surface area (Å²) < 4.78 is 42.2. The Labute approximate surface area is 218 Å². The van der Waals surface area contributed by atoms with Crippen LogP contribution in [0.4, 0.5) is 28.9 Å². The molecule has 1 saturated heterocycles. The third-order valence-electron chi connectivity index (χ3n) is 5.38. The molecular formula is C25H34F3N5O3S. The third kappa shape index (κ3) is 7.53. The van der Waals surface area contributed by atoms with Gasteiger partial charge in [0.25, 0.3) is 0 Å². The molecule has 0 unspecified atom stereocenters. The predicted molar refractivity (Wildman–Crippen MR) is 141 cm³/mol. The number of thiazole rings is 1. The molecule has 37 heavy (non-hydrogen) atoms. The Hall–Kier alpha value is -2.96. The van der Waals surface area contributed by atoms with E-state index < -0.39 is 36.2 Å². The molecule has 1 aliphatic heterocycles. The van der Waals surface area contributed by atoms with Gasteiger partial charge < -0.3 is 20.0 Å². The summed E-state index contributed by atoms with van der Waals surface area (Å²) in [6, 6.07) is 2.44. The van der Waals surface area contributed by atoms with Crippen molar-refractivity contribution in [2.75, 3.05) is 36.5 Å². The Morgan fingerprint density at radius 1 is 1.16 bits per heavy atom. The van der Waals surface area contributed by atoms with E-state index >= 15 is 0 Å². The fourth-order valence-electron chi connectivity index (χ4n) is 3.78. The molecule has 4 rings (SSSR count). The largest absolute Gasteiger partial charge is 0.394 e. The lowest BCUT2D eigenvalue weighted by Gasteiger charge is -2.40. The van der Waals surface area contributed by atoms with Crippen LogP contribution in [0.2, 0.25) is 0 Å². The molecular weight excluding hydrogens is 507 g/mol. The van der Waals surface area contributed by atoms with Crippen LogP contribution in [0, 0.1) is 17.5 Å². The van der Waals surface area contributed by atoms with E-state index in [0.717, 1.165) is 23.5 Å². The number of carbonyl (C=O) groups is 1. The first-order valence-electron chi connectivity index (χ1n) is 12.3. The lowest BCUT2D eigenvalue weighted by atomic mass is 10.1. The van der Waals surface area contributed by atoms with E-state index in [1.807, 2.05) is 34.6 Å². The third-order valence-corrected chi connectivity index (χ3v) is 6.29. The van der Waals surface area contributed by atoms with Crippen LogP contribution in [-0.4, -0.2) is 69.5 Å². The van der Waals surface area contributed by atoms with Crippen molar-refractivity contribution in [1.29, 1.82) is 0 Å². The van der Waals surface area contributed by atoms with Crippen LogP contribution in [0.1, 0.15) is 40.2 Å². The molecule has 0 aliphatic carbocycles. The van der Waals surface area contributed by atoms with Crippen LogP contribution in [0.3, 0.4) is 0 Å². The molecule has 204 valence electrons. The topological polar surface area (TPSA) is 102 Å². The summed E-state index contributed by atoms with van der Waals surface area (Å²) in [5, 5.41) is 21.2. The number of benzene rings is 1. The molecule has 0 bridgehead atoms. The number of aliphatic hydroxyl groups excluding tert-OH is 2. The molecule has 2 atom stereocenters. The van der Waals surface area contributed by atoms with Gasteiger partial charge in [-0.3, -0.25) is 5.32 Å². The molecule has 12 heteroatoms. The second-order valence-corrected chi connectivity index (χ2v) is 8.89. The summed E-state index contributed by atoms with van der Waals surface area (Å²) in [4.78, 5) is 24.2. The zero-order valence-corrected chi connectivity index (χ0v) is 22.4. The number of anilines is 2. The van der Waals surface area contributed by atoms with Crippen LogP contribution in [-0.2, 0) is 6.42 Å². The highest BCUT2D eigenvalue weighted by atomic mass is 32.1. The van der Waals surface area contributed by atoms with Gasteiger partial charge in [-0.15, -0.1) is 0 Å². The van der Waals surface area contributed by atoms with Crippen molar-refractivity contribution in [2.24, 2.45) is 0 Å². The Morgan fingerprint density at radius 3 is 2.49 bits per heavy atom. The van der Waals surface area contributed by atoms with Crippen molar-refractivity contribution in [3.8, 4) is 0 Å². The minimum absolute atomic E-state index is 0.00827. The number of fused-ring (bicyclic) bond motifs is 1. The highest BCUT2D eigenvalue weighted by molar-refractivity contribution is 7.22. The van der Waals surface area contributed by atoms with Gasteiger partial charge in [-0.2, -0.15) is 0 Å². The number of rotatable bonds is 5. The van der Waals surface area contributed by atoms with Crippen molar-refractivity contribution in [2.45, 2.75) is 53.2 Å². The van der Waals surface area contributed by atoms with Crippen molar-refractivity contribution in [3.63, 3.8) is 0 Å². The number of halogens is 3. The number of nitrogens with one attached hydrogen (secondary N) is 1. The van der Waals surface area contributed by atoms with E-state index in [1.54, 1.807) is 9.80 Å². The lowest BCUT2D eigenvalue weighted by molar-refractivity contribution is 0.0954. The van der Waals surface area contributed by atoms with Crippen molar-refractivity contribution in [1.82, 2.24) is 14.9 Å². The van der Waals surface area contributed by atoms with Gasteiger partial charge in [0.05, 0.1) is 17.4 Å². The number of nitrogens with zero attached hydrogens (tertiary/aromatic N) is 4. The zero-order chi connectivity index (χ0) is 27.7. The number of carbonyl (C=O) groups excluding carboxylic acids is 1. The maximum atomic E-state index is 14.6. The average Bonchev–Trinajstić information content (AvgIpc) is 3.28. The van der Waals surface area contributed by atoms with Gasteiger partial charge in [-0.05, 0) is 24.6 Å². The smallest absolute Gasteiger partial charge is 0.324 e. The number of aromatic nitrogens is 2. The van der Waals surface area contributed by atoms with Crippen LogP contribution >= 0.6 is 11.3 Å². The van der Waals surface area contributed by atoms with Gasteiger partial charge in [0.2, 0.25) is 0 Å². The van der Waals surface area contributed by atoms with Crippen molar-refractivity contribution in [3.05, 3.63) is 47.4 Å². The molecule has 3 N–H and O–H groups in total. The van der Waals surface area contributed by atoms with Gasteiger partial charge >= 0.3 is 6.03 Å². The van der Waals surface area contributed by atoms with E-state index in [1.165, 1.54) is 12.3 Å². The molecule has 3 heterocycles. The molecule has 0 radical (unpaired) electrons. The Balaban J connectivity index is 0.00000115. The Kier molecular flexibility index (Phi) is 11.5. The van der Waals surface area contributed by atoms with E-state index in [4.69, 9.17) is 5.11 Å². The molecule has 0 spiro atoms. The molecule has 1 fully saturated rings. The van der Waals surface area contributed by atoms with Gasteiger partial charge in [-0.25, -0.2) is 27.9 Å². The second-order valence-electron chi connectivity index (χ2n) is 7.86. The van der Waals surface area contributed by atoms with Crippen molar-refractivity contribution >= 4 is 38.5 Å². The highest BCUT2D eigenvalue weighted by Crippen LogP contribution is 2.29. The van der Waals surface area contributed by atoms with E-state index in [9.17, 15) is 23.1 Å². The Morgan fingerprint density at radius 2 is 1.86 bits per heavy atom. The zero-order valence-electron chi connectivity index (χ0n) is 21.6. The molecule has 2 amide bonds. The highest BCUT2D eigenvalue weighted by Gasteiger charge is 2.30. The number of urea groups is 1. The van der Waals surface area contributed by atoms with Gasteiger partial charge in [0, 0.05) is 44.4 Å². The number of hydrogen-bond donors (Lipinski definition) is 3. The quantitative estimate of drug-likeness (QED) is 0.429. The maximum absolute atomic E-state index is 14.6. The molecule has 1 aromatic carbocycles. The average molecular weight is 542 g/mol. The summed E-state index contributed by atoms with van der Waals surface area (Å²) in [6.07, 6.45) is 0.564. The number of pyridine rings is 1. The standard InChI is InChI=1S/C21H22F3N5O3S.2C2H6/c1-11-9-28(19-16(24)5-12(8-25-19)4-14(31)10-30)2-3-29(11)21(32)27-20-26-18-15(23)6-13(22)7-17(18)33-20;2*1-2/h5-8,11,14,30-31H,2-4,9-10H2,1H3,(H,26,27,32);2*1-2H3/t11-,14+;;/m0../s1. The van der Waals surface area contributed by atoms with Gasteiger partial charge in [0.15, 0.2) is 22.6 Å². The van der Waals surface area contributed by atoms with Crippen LogP contribution in [0.15, 0.2) is 24.4 Å². The monoisotopic (exact) mass is 541 g/mol. The van der Waals surface area contributed by atoms with Crippen LogP contribution in [0.5, 0.6) is 0 Å². The summed E-state index contributed by atoms with van der Waals surface area (Å²) in [6.45, 7) is 10.3. The SMILES string of the molecule is CC.CC.C[C@H]1CN(c2ncc(C[C@@H](O)CO)cc2F)CCN1C(=O)Nc1nc2c(F)cc(F)cc2s1. The summed E-state index contributed by atoms with van der Waals surface area (Å²) in [5.41, 5.74) is 0.460. The fraction of sp³-hybridized carbons (Fsp3) is 0.480. The summed E-state index contributed by atoms with van der Waals surface area (Å²) >= 11 is 0.972. The lowest BCUT2D eigenvalue weighted by Crippen LogP contribution is -2.55. The normalized spacial score (nSPS) is 15.9. The molecule has 8 nitrogen and oxygen atoms in total. The van der Waals surface area contributed by atoms with Crippen molar-refractivity contribution < 1.29 is 28.2 Å².